The average Bonchev–Trinajstić information content (AvgIpc) is 2.99. The minimum absolute atomic E-state index is 0.180. The lowest BCUT2D eigenvalue weighted by atomic mass is 10.1. The minimum atomic E-state index is 0.180. The average molecular weight is 268 g/mol. The van der Waals surface area contributed by atoms with Crippen molar-refractivity contribution in [3.05, 3.63) is 42.5 Å². The van der Waals surface area contributed by atoms with E-state index in [2.05, 4.69) is 29.6 Å². The summed E-state index contributed by atoms with van der Waals surface area (Å²) in [5, 5.41) is 5.75. The first-order valence-electron chi connectivity index (χ1n) is 7.23. The van der Waals surface area contributed by atoms with Gasteiger partial charge in [-0.15, -0.1) is 0 Å². The van der Waals surface area contributed by atoms with Gasteiger partial charge in [0.05, 0.1) is 0 Å². The molecule has 1 aliphatic rings. The molecule has 0 saturated carbocycles. The van der Waals surface area contributed by atoms with E-state index in [1.54, 1.807) is 4.90 Å². The molecule has 1 heterocycles. The molecular formula is C17H20N2O. The molecule has 1 atom stereocenters. The summed E-state index contributed by atoms with van der Waals surface area (Å²) in [6.07, 6.45) is 2.87. The predicted molar refractivity (Wildman–Crippen MR) is 83.0 cm³/mol. The Hall–Kier alpha value is -1.87. The Kier molecular flexibility index (Phi) is 3.70. The van der Waals surface area contributed by atoms with Crippen molar-refractivity contribution in [2.45, 2.75) is 25.3 Å². The third kappa shape index (κ3) is 2.68. The second kappa shape index (κ2) is 5.63. The molecule has 1 N–H and O–H groups in total. The molecule has 0 radical (unpaired) electrons. The maximum Gasteiger partial charge on any atom is 0.228 e. The SMILES string of the molecule is CN(C(=O)CC1CCCN1)c1ccc2ccccc2c1. The highest BCUT2D eigenvalue weighted by atomic mass is 16.2. The zero-order valence-electron chi connectivity index (χ0n) is 11.8. The normalized spacial score (nSPS) is 18.4. The number of nitrogens with zero attached hydrogens (tertiary/aromatic N) is 1. The van der Waals surface area contributed by atoms with Crippen molar-refractivity contribution in [1.29, 1.82) is 0 Å². The Morgan fingerprint density at radius 3 is 2.80 bits per heavy atom. The van der Waals surface area contributed by atoms with Crippen LogP contribution in [0, 0.1) is 0 Å². The van der Waals surface area contributed by atoms with E-state index in [0.29, 0.717) is 12.5 Å². The lowest BCUT2D eigenvalue weighted by molar-refractivity contribution is -0.118. The van der Waals surface area contributed by atoms with Gasteiger partial charge in [0.2, 0.25) is 5.91 Å². The fraction of sp³-hybridized carbons (Fsp3) is 0.353. The highest BCUT2D eigenvalue weighted by Crippen LogP contribution is 2.22. The van der Waals surface area contributed by atoms with Crippen LogP contribution in [0.3, 0.4) is 0 Å². The molecule has 0 bridgehead atoms. The molecule has 1 unspecified atom stereocenters. The van der Waals surface area contributed by atoms with Gasteiger partial charge in [0.1, 0.15) is 0 Å². The number of anilines is 1. The van der Waals surface area contributed by atoms with Crippen molar-refractivity contribution < 1.29 is 4.79 Å². The summed E-state index contributed by atoms with van der Waals surface area (Å²) < 4.78 is 0. The minimum Gasteiger partial charge on any atom is -0.315 e. The Labute approximate surface area is 119 Å². The molecule has 1 amide bonds. The van der Waals surface area contributed by atoms with Crippen molar-refractivity contribution in [2.75, 3.05) is 18.5 Å². The van der Waals surface area contributed by atoms with Gasteiger partial charge in [-0.2, -0.15) is 0 Å². The van der Waals surface area contributed by atoms with E-state index in [-0.39, 0.29) is 5.91 Å². The van der Waals surface area contributed by atoms with Crippen molar-refractivity contribution in [1.82, 2.24) is 5.32 Å². The van der Waals surface area contributed by atoms with Gasteiger partial charge in [0, 0.05) is 25.2 Å². The molecule has 2 aromatic rings. The number of carbonyl (C=O) groups is 1. The Bertz CT molecular complexity index is 617. The van der Waals surface area contributed by atoms with E-state index in [9.17, 15) is 4.79 Å². The Morgan fingerprint density at radius 2 is 2.05 bits per heavy atom. The van der Waals surface area contributed by atoms with Crippen LogP contribution in [0.25, 0.3) is 10.8 Å². The molecule has 0 aliphatic carbocycles. The molecule has 0 spiro atoms. The number of rotatable bonds is 3. The van der Waals surface area contributed by atoms with Crippen LogP contribution in [-0.4, -0.2) is 25.5 Å². The van der Waals surface area contributed by atoms with Gasteiger partial charge in [0.15, 0.2) is 0 Å². The largest absolute Gasteiger partial charge is 0.315 e. The first kappa shape index (κ1) is 13.1. The second-order valence-electron chi connectivity index (χ2n) is 5.48. The van der Waals surface area contributed by atoms with Gasteiger partial charge in [-0.05, 0) is 42.3 Å². The van der Waals surface area contributed by atoms with E-state index in [1.165, 1.54) is 17.2 Å². The van der Waals surface area contributed by atoms with E-state index < -0.39 is 0 Å². The summed E-state index contributed by atoms with van der Waals surface area (Å²) in [5.74, 6) is 0.180. The number of fused-ring (bicyclic) bond motifs is 1. The quantitative estimate of drug-likeness (QED) is 0.928. The molecular weight excluding hydrogens is 248 g/mol. The maximum absolute atomic E-state index is 12.3. The number of hydrogen-bond donors (Lipinski definition) is 1. The van der Waals surface area contributed by atoms with Crippen LogP contribution in [0.5, 0.6) is 0 Å². The molecule has 3 heteroatoms. The number of benzene rings is 2. The highest BCUT2D eigenvalue weighted by Gasteiger charge is 2.20. The van der Waals surface area contributed by atoms with Gasteiger partial charge in [-0.25, -0.2) is 0 Å². The van der Waals surface area contributed by atoms with Crippen LogP contribution in [0.1, 0.15) is 19.3 Å². The number of hydrogen-bond acceptors (Lipinski definition) is 2. The van der Waals surface area contributed by atoms with Crippen molar-refractivity contribution >= 4 is 22.4 Å². The lowest BCUT2D eigenvalue weighted by Gasteiger charge is -2.20. The number of amides is 1. The van der Waals surface area contributed by atoms with Crippen LogP contribution in [0.15, 0.2) is 42.5 Å². The van der Waals surface area contributed by atoms with Gasteiger partial charge >= 0.3 is 0 Å². The van der Waals surface area contributed by atoms with Crippen LogP contribution in [0.2, 0.25) is 0 Å². The summed E-state index contributed by atoms with van der Waals surface area (Å²) >= 11 is 0. The van der Waals surface area contributed by atoms with Crippen LogP contribution < -0.4 is 10.2 Å². The molecule has 1 fully saturated rings. The van der Waals surface area contributed by atoms with Gasteiger partial charge in [-0.1, -0.05) is 30.3 Å². The highest BCUT2D eigenvalue weighted by molar-refractivity contribution is 5.96. The molecule has 3 nitrogen and oxygen atoms in total. The summed E-state index contributed by atoms with van der Waals surface area (Å²) in [6, 6.07) is 14.7. The number of carbonyl (C=O) groups excluding carboxylic acids is 1. The van der Waals surface area contributed by atoms with Crippen molar-refractivity contribution in [2.24, 2.45) is 0 Å². The van der Waals surface area contributed by atoms with Crippen LogP contribution >= 0.6 is 0 Å². The third-order valence-electron chi connectivity index (χ3n) is 4.08. The van der Waals surface area contributed by atoms with Crippen LogP contribution in [-0.2, 0) is 4.79 Å². The van der Waals surface area contributed by atoms with Gasteiger partial charge in [0.25, 0.3) is 0 Å². The Balaban J connectivity index is 1.76. The first-order valence-corrected chi connectivity index (χ1v) is 7.23. The first-order chi connectivity index (χ1) is 9.74. The third-order valence-corrected chi connectivity index (χ3v) is 4.08. The van der Waals surface area contributed by atoms with Gasteiger partial charge < -0.3 is 10.2 Å². The molecule has 104 valence electrons. The van der Waals surface area contributed by atoms with Crippen molar-refractivity contribution in [3.63, 3.8) is 0 Å². The summed E-state index contributed by atoms with van der Waals surface area (Å²) in [4.78, 5) is 14.1. The monoisotopic (exact) mass is 268 g/mol. The molecule has 0 aromatic heterocycles. The molecule has 2 aromatic carbocycles. The zero-order valence-corrected chi connectivity index (χ0v) is 11.8. The molecule has 3 rings (SSSR count). The fourth-order valence-corrected chi connectivity index (χ4v) is 2.81. The molecule has 20 heavy (non-hydrogen) atoms. The standard InChI is InChI=1S/C17H20N2O/c1-19(17(20)12-15-7-4-10-18-15)16-9-8-13-5-2-3-6-14(13)11-16/h2-3,5-6,8-9,11,15,18H,4,7,10,12H2,1H3. The smallest absolute Gasteiger partial charge is 0.228 e. The van der Waals surface area contributed by atoms with E-state index >= 15 is 0 Å². The summed E-state index contributed by atoms with van der Waals surface area (Å²) in [6.45, 7) is 1.04. The molecule has 1 saturated heterocycles. The molecule has 1 aliphatic heterocycles. The second-order valence-corrected chi connectivity index (χ2v) is 5.48. The van der Waals surface area contributed by atoms with Crippen LogP contribution in [0.4, 0.5) is 5.69 Å². The maximum atomic E-state index is 12.3. The van der Waals surface area contributed by atoms with Crippen molar-refractivity contribution in [3.8, 4) is 0 Å². The lowest BCUT2D eigenvalue weighted by Crippen LogP contribution is -2.33. The predicted octanol–water partition coefficient (Wildman–Crippen LogP) is 2.94. The van der Waals surface area contributed by atoms with E-state index in [1.807, 2.05) is 25.2 Å². The topological polar surface area (TPSA) is 32.3 Å². The number of nitrogens with one attached hydrogen (secondary N) is 1. The van der Waals surface area contributed by atoms with E-state index in [0.717, 1.165) is 18.7 Å². The zero-order chi connectivity index (χ0) is 13.9. The fourth-order valence-electron chi connectivity index (χ4n) is 2.81. The summed E-state index contributed by atoms with van der Waals surface area (Å²) in [7, 11) is 1.86. The van der Waals surface area contributed by atoms with Gasteiger partial charge in [-0.3, -0.25) is 4.79 Å². The van der Waals surface area contributed by atoms with E-state index in [4.69, 9.17) is 0 Å². The summed E-state index contributed by atoms with van der Waals surface area (Å²) in [5.41, 5.74) is 0.965. The Morgan fingerprint density at radius 1 is 1.25 bits per heavy atom.